The van der Waals surface area contributed by atoms with Crippen molar-refractivity contribution < 1.29 is 4.39 Å². The Morgan fingerprint density at radius 2 is 2.25 bits per heavy atom. The molecular weight excluding hydrogens is 273 g/mol. The summed E-state index contributed by atoms with van der Waals surface area (Å²) in [6.07, 6.45) is 3.15. The van der Waals surface area contributed by atoms with Crippen molar-refractivity contribution in [1.29, 1.82) is 0 Å². The summed E-state index contributed by atoms with van der Waals surface area (Å²) in [6, 6.07) is 6.98. The van der Waals surface area contributed by atoms with E-state index < -0.39 is 0 Å². The zero-order chi connectivity index (χ0) is 14.1. The Balaban J connectivity index is 1.81. The summed E-state index contributed by atoms with van der Waals surface area (Å²) in [7, 11) is 1.95. The Kier molecular flexibility index (Phi) is 3.72. The average molecular weight is 291 g/mol. The van der Waals surface area contributed by atoms with Crippen molar-refractivity contribution in [1.82, 2.24) is 4.98 Å². The van der Waals surface area contributed by atoms with Crippen LogP contribution < -0.4 is 10.6 Å². The molecule has 3 nitrogen and oxygen atoms in total. The normalized spacial score (nSPS) is 17.9. The largest absolute Gasteiger partial charge is 0.347 e. The van der Waals surface area contributed by atoms with Crippen molar-refractivity contribution in [3.8, 4) is 0 Å². The molecule has 0 saturated carbocycles. The van der Waals surface area contributed by atoms with Crippen LogP contribution >= 0.6 is 11.3 Å². The van der Waals surface area contributed by atoms with Crippen LogP contribution in [0.3, 0.4) is 0 Å². The fourth-order valence-corrected chi connectivity index (χ4v) is 3.66. The van der Waals surface area contributed by atoms with Gasteiger partial charge in [0.05, 0.1) is 5.69 Å². The van der Waals surface area contributed by atoms with Crippen LogP contribution in [-0.4, -0.2) is 12.0 Å². The Labute approximate surface area is 122 Å². The zero-order valence-corrected chi connectivity index (χ0v) is 12.3. The molecule has 0 radical (unpaired) electrons. The van der Waals surface area contributed by atoms with Crippen molar-refractivity contribution in [2.24, 2.45) is 5.73 Å². The molecular formula is C15H18FN3S. The van der Waals surface area contributed by atoms with Gasteiger partial charge in [-0.25, -0.2) is 9.37 Å². The SMILES string of the molecule is CN(Cc1ccccc1F)c1nc2c(s1)C(N)CCC2. The number of aromatic nitrogens is 1. The topological polar surface area (TPSA) is 42.2 Å². The Bertz CT molecular complexity index is 611. The minimum atomic E-state index is -0.169. The standard InChI is InChI=1S/C15H18FN3S/c1-19(9-10-5-2-3-6-11(10)16)15-18-13-8-4-7-12(17)14(13)20-15/h2-3,5-6,12H,4,7-9,17H2,1H3. The Hall–Kier alpha value is -1.46. The van der Waals surface area contributed by atoms with Crippen LogP contribution in [0.4, 0.5) is 9.52 Å². The molecule has 3 rings (SSSR count). The number of rotatable bonds is 3. The van der Waals surface area contributed by atoms with E-state index in [1.807, 2.05) is 24.1 Å². The number of hydrogen-bond acceptors (Lipinski definition) is 4. The third kappa shape index (κ3) is 2.55. The first-order chi connectivity index (χ1) is 9.65. The number of benzene rings is 1. The Morgan fingerprint density at radius 3 is 3.00 bits per heavy atom. The minimum Gasteiger partial charge on any atom is -0.347 e. The Morgan fingerprint density at radius 1 is 1.45 bits per heavy atom. The summed E-state index contributed by atoms with van der Waals surface area (Å²) in [5, 5.41) is 0.926. The van der Waals surface area contributed by atoms with Crippen molar-refractivity contribution in [2.75, 3.05) is 11.9 Å². The van der Waals surface area contributed by atoms with E-state index >= 15 is 0 Å². The predicted octanol–water partition coefficient (Wildman–Crippen LogP) is 3.25. The van der Waals surface area contributed by atoms with Crippen LogP contribution in [0.5, 0.6) is 0 Å². The van der Waals surface area contributed by atoms with E-state index in [-0.39, 0.29) is 11.9 Å². The van der Waals surface area contributed by atoms with Gasteiger partial charge in [0.2, 0.25) is 0 Å². The lowest BCUT2D eigenvalue weighted by Gasteiger charge is -2.16. The first-order valence-electron chi connectivity index (χ1n) is 6.85. The van der Waals surface area contributed by atoms with Gasteiger partial charge in [-0.15, -0.1) is 0 Å². The smallest absolute Gasteiger partial charge is 0.185 e. The number of fused-ring (bicyclic) bond motifs is 1. The van der Waals surface area contributed by atoms with Crippen molar-refractivity contribution in [2.45, 2.75) is 31.8 Å². The van der Waals surface area contributed by atoms with E-state index in [9.17, 15) is 4.39 Å². The van der Waals surface area contributed by atoms with E-state index in [1.54, 1.807) is 17.4 Å². The maximum atomic E-state index is 13.7. The molecule has 0 aliphatic heterocycles. The van der Waals surface area contributed by atoms with E-state index in [0.29, 0.717) is 12.1 Å². The highest BCUT2D eigenvalue weighted by atomic mass is 32.1. The molecule has 1 atom stereocenters. The van der Waals surface area contributed by atoms with Crippen molar-refractivity contribution in [3.63, 3.8) is 0 Å². The summed E-state index contributed by atoms with van der Waals surface area (Å²) >= 11 is 1.64. The fraction of sp³-hybridized carbons (Fsp3) is 0.400. The molecule has 0 saturated heterocycles. The average Bonchev–Trinajstić information content (AvgIpc) is 2.87. The lowest BCUT2D eigenvalue weighted by Crippen LogP contribution is -2.17. The fourth-order valence-electron chi connectivity index (χ4n) is 2.55. The first kappa shape index (κ1) is 13.5. The summed E-state index contributed by atoms with van der Waals surface area (Å²) in [5.74, 6) is -0.169. The molecule has 20 heavy (non-hydrogen) atoms. The second-order valence-corrected chi connectivity index (χ2v) is 6.26. The van der Waals surface area contributed by atoms with Gasteiger partial charge in [-0.2, -0.15) is 0 Å². The summed E-state index contributed by atoms with van der Waals surface area (Å²) < 4.78 is 13.7. The van der Waals surface area contributed by atoms with Crippen LogP contribution in [0, 0.1) is 5.82 Å². The molecule has 5 heteroatoms. The number of halogens is 1. The van der Waals surface area contributed by atoms with Crippen LogP contribution in [0.2, 0.25) is 0 Å². The van der Waals surface area contributed by atoms with Crippen LogP contribution in [0.25, 0.3) is 0 Å². The molecule has 1 aromatic heterocycles. The molecule has 0 spiro atoms. The molecule has 1 unspecified atom stereocenters. The number of hydrogen-bond donors (Lipinski definition) is 1. The molecule has 1 aliphatic carbocycles. The zero-order valence-electron chi connectivity index (χ0n) is 11.5. The number of nitrogens with two attached hydrogens (primary N) is 1. The lowest BCUT2D eigenvalue weighted by molar-refractivity contribution is 0.573. The van der Waals surface area contributed by atoms with Gasteiger partial charge in [0.1, 0.15) is 5.82 Å². The van der Waals surface area contributed by atoms with Gasteiger partial charge in [0.25, 0.3) is 0 Å². The van der Waals surface area contributed by atoms with Gasteiger partial charge < -0.3 is 10.6 Å². The van der Waals surface area contributed by atoms with Gasteiger partial charge in [0.15, 0.2) is 5.13 Å². The third-order valence-corrected chi connectivity index (χ3v) is 5.02. The maximum Gasteiger partial charge on any atom is 0.185 e. The van der Waals surface area contributed by atoms with E-state index in [0.717, 1.165) is 30.1 Å². The highest BCUT2D eigenvalue weighted by Crippen LogP contribution is 2.36. The second kappa shape index (κ2) is 5.50. The molecule has 0 amide bonds. The van der Waals surface area contributed by atoms with E-state index in [1.165, 1.54) is 10.9 Å². The van der Waals surface area contributed by atoms with Crippen LogP contribution in [0.1, 0.15) is 35.0 Å². The molecule has 2 N–H and O–H groups in total. The lowest BCUT2D eigenvalue weighted by atomic mass is 9.99. The molecule has 0 bridgehead atoms. The van der Waals surface area contributed by atoms with E-state index in [2.05, 4.69) is 4.98 Å². The van der Waals surface area contributed by atoms with Gasteiger partial charge in [0, 0.05) is 30.1 Å². The first-order valence-corrected chi connectivity index (χ1v) is 7.66. The highest BCUT2D eigenvalue weighted by Gasteiger charge is 2.23. The molecule has 0 fully saturated rings. The van der Waals surface area contributed by atoms with Gasteiger partial charge >= 0.3 is 0 Å². The highest BCUT2D eigenvalue weighted by molar-refractivity contribution is 7.15. The summed E-state index contributed by atoms with van der Waals surface area (Å²) in [5.41, 5.74) is 7.94. The predicted molar refractivity (Wildman–Crippen MR) is 80.5 cm³/mol. The van der Waals surface area contributed by atoms with Gasteiger partial charge in [-0.1, -0.05) is 29.5 Å². The number of nitrogens with zero attached hydrogens (tertiary/aromatic N) is 2. The van der Waals surface area contributed by atoms with Gasteiger partial charge in [-0.3, -0.25) is 0 Å². The molecule has 106 valence electrons. The van der Waals surface area contributed by atoms with Crippen LogP contribution in [-0.2, 0) is 13.0 Å². The summed E-state index contributed by atoms with van der Waals surface area (Å²) in [6.45, 7) is 0.522. The molecule has 1 heterocycles. The van der Waals surface area contributed by atoms with E-state index in [4.69, 9.17) is 5.73 Å². The quantitative estimate of drug-likeness (QED) is 0.944. The monoisotopic (exact) mass is 291 g/mol. The number of aryl methyl sites for hydroxylation is 1. The number of thiazole rings is 1. The van der Waals surface area contributed by atoms with Crippen LogP contribution in [0.15, 0.2) is 24.3 Å². The van der Waals surface area contributed by atoms with Gasteiger partial charge in [-0.05, 0) is 25.3 Å². The van der Waals surface area contributed by atoms with Crippen molar-refractivity contribution in [3.05, 3.63) is 46.2 Å². The molecule has 2 aromatic rings. The number of anilines is 1. The van der Waals surface area contributed by atoms with Crippen molar-refractivity contribution >= 4 is 16.5 Å². The third-order valence-electron chi connectivity index (χ3n) is 3.67. The maximum absolute atomic E-state index is 13.7. The minimum absolute atomic E-state index is 0.117. The molecule has 1 aromatic carbocycles. The molecule has 1 aliphatic rings. The summed E-state index contributed by atoms with van der Waals surface area (Å²) in [4.78, 5) is 7.86. The second-order valence-electron chi connectivity index (χ2n) is 5.25.